The van der Waals surface area contributed by atoms with Gasteiger partial charge in [-0.25, -0.2) is 9.59 Å². The third-order valence-electron chi connectivity index (χ3n) is 5.00. The molecule has 0 bridgehead atoms. The van der Waals surface area contributed by atoms with Crippen molar-refractivity contribution in [1.29, 1.82) is 0 Å². The van der Waals surface area contributed by atoms with Crippen molar-refractivity contribution in [3.05, 3.63) is 86.6 Å². The van der Waals surface area contributed by atoms with Gasteiger partial charge in [-0.3, -0.25) is 0 Å². The van der Waals surface area contributed by atoms with Crippen LogP contribution in [-0.4, -0.2) is 7.11 Å². The van der Waals surface area contributed by atoms with Gasteiger partial charge in [0.05, 0.1) is 16.7 Å². The molecular weight excluding hydrogens is 372 g/mol. The molecule has 0 spiro atoms. The number of benzene rings is 2. The molecule has 0 aliphatic carbocycles. The third kappa shape index (κ3) is 2.77. The Morgan fingerprint density at radius 1 is 0.897 bits per heavy atom. The van der Waals surface area contributed by atoms with Gasteiger partial charge < -0.3 is 18.3 Å². The molecule has 1 atom stereocenters. The molecule has 2 aromatic heterocycles. The zero-order valence-corrected chi connectivity index (χ0v) is 15.7. The van der Waals surface area contributed by atoms with Crippen LogP contribution in [-0.2, 0) is 4.74 Å². The van der Waals surface area contributed by atoms with Gasteiger partial charge in [0.15, 0.2) is 5.76 Å². The molecule has 5 rings (SSSR count). The van der Waals surface area contributed by atoms with Crippen molar-refractivity contribution in [3.8, 4) is 28.2 Å². The smallest absolute Gasteiger partial charge is 0.344 e. The number of hydrogen-bond donors (Lipinski definition) is 0. The van der Waals surface area contributed by atoms with E-state index in [1.165, 1.54) is 13.2 Å². The van der Waals surface area contributed by atoms with E-state index in [0.29, 0.717) is 39.2 Å². The molecule has 6 heteroatoms. The molecule has 0 fully saturated rings. The van der Waals surface area contributed by atoms with E-state index in [1.54, 1.807) is 18.2 Å². The minimum Gasteiger partial charge on any atom is -0.460 e. The summed E-state index contributed by atoms with van der Waals surface area (Å²) in [6.45, 7) is 1.93. The van der Waals surface area contributed by atoms with E-state index in [2.05, 4.69) is 0 Å². The van der Waals surface area contributed by atoms with Crippen molar-refractivity contribution in [3.63, 3.8) is 0 Å². The highest BCUT2D eigenvalue weighted by Crippen LogP contribution is 2.43. The minimum absolute atomic E-state index is 0.247. The molecule has 1 aliphatic rings. The Labute approximate surface area is 164 Å². The second kappa shape index (κ2) is 6.46. The van der Waals surface area contributed by atoms with Crippen LogP contribution in [0.4, 0.5) is 0 Å². The number of para-hydroxylation sites is 1. The van der Waals surface area contributed by atoms with Crippen LogP contribution in [0.15, 0.2) is 73.0 Å². The Hall–Kier alpha value is -3.64. The highest BCUT2D eigenvalue weighted by atomic mass is 16.7. The first kappa shape index (κ1) is 17.5. The Kier molecular flexibility index (Phi) is 3.89. The van der Waals surface area contributed by atoms with Gasteiger partial charge in [-0.1, -0.05) is 23.8 Å². The second-order valence-electron chi connectivity index (χ2n) is 6.89. The molecule has 3 heterocycles. The molecule has 0 saturated heterocycles. The van der Waals surface area contributed by atoms with E-state index in [0.717, 1.165) is 5.56 Å². The first-order valence-electron chi connectivity index (χ1n) is 9.07. The molecular formula is C23H16O6. The van der Waals surface area contributed by atoms with E-state index in [4.69, 9.17) is 18.3 Å². The standard InChI is InChI=1S/C23H16O6/c1-12-7-8-19-15(9-12)14(11-20(24)27-19)16-10-17-21(29-22(16)25)13-5-3-4-6-18(13)28-23(17)26-2/h3-11,23H,1-2H3. The fourth-order valence-electron chi connectivity index (χ4n) is 3.67. The molecule has 0 amide bonds. The average molecular weight is 388 g/mol. The van der Waals surface area contributed by atoms with Crippen LogP contribution in [0.2, 0.25) is 0 Å². The number of aryl methyl sites for hydroxylation is 1. The number of ether oxygens (including phenoxy) is 2. The summed E-state index contributed by atoms with van der Waals surface area (Å²) in [5.41, 5.74) is 2.23. The molecule has 1 aliphatic heterocycles. The van der Waals surface area contributed by atoms with E-state index >= 15 is 0 Å². The highest BCUT2D eigenvalue weighted by molar-refractivity contribution is 5.93. The second-order valence-corrected chi connectivity index (χ2v) is 6.89. The van der Waals surface area contributed by atoms with Gasteiger partial charge >= 0.3 is 11.3 Å². The van der Waals surface area contributed by atoms with Crippen LogP contribution in [0.3, 0.4) is 0 Å². The lowest BCUT2D eigenvalue weighted by molar-refractivity contribution is -0.0592. The number of fused-ring (bicyclic) bond motifs is 4. The summed E-state index contributed by atoms with van der Waals surface area (Å²) in [4.78, 5) is 25.1. The van der Waals surface area contributed by atoms with Crippen LogP contribution in [0, 0.1) is 6.92 Å². The zero-order chi connectivity index (χ0) is 20.1. The van der Waals surface area contributed by atoms with Crippen LogP contribution in [0.5, 0.6) is 5.75 Å². The lowest BCUT2D eigenvalue weighted by Crippen LogP contribution is -2.19. The minimum atomic E-state index is -0.740. The molecule has 0 N–H and O–H groups in total. The van der Waals surface area contributed by atoms with Crippen LogP contribution in [0.1, 0.15) is 17.4 Å². The van der Waals surface area contributed by atoms with Crippen molar-refractivity contribution in [2.75, 3.05) is 7.11 Å². The van der Waals surface area contributed by atoms with Gasteiger partial charge in [-0.15, -0.1) is 0 Å². The van der Waals surface area contributed by atoms with Gasteiger partial charge in [0.2, 0.25) is 6.29 Å². The number of methoxy groups -OCH3 is 1. The van der Waals surface area contributed by atoms with Crippen LogP contribution < -0.4 is 16.0 Å². The molecule has 2 aromatic carbocycles. The molecule has 0 saturated carbocycles. The summed E-state index contributed by atoms with van der Waals surface area (Å²) in [6, 6.07) is 15.7. The highest BCUT2D eigenvalue weighted by Gasteiger charge is 2.30. The summed E-state index contributed by atoms with van der Waals surface area (Å²) in [6.07, 6.45) is -0.740. The van der Waals surface area contributed by atoms with Gasteiger partial charge in [0.25, 0.3) is 0 Å². The third-order valence-corrected chi connectivity index (χ3v) is 5.00. The quantitative estimate of drug-likeness (QED) is 0.473. The fourth-order valence-corrected chi connectivity index (χ4v) is 3.67. The van der Waals surface area contributed by atoms with Crippen molar-refractivity contribution < 1.29 is 18.3 Å². The molecule has 1 unspecified atom stereocenters. The Morgan fingerprint density at radius 2 is 1.72 bits per heavy atom. The fraction of sp³-hybridized carbons (Fsp3) is 0.130. The van der Waals surface area contributed by atoms with Gasteiger partial charge in [0, 0.05) is 24.1 Å². The molecule has 29 heavy (non-hydrogen) atoms. The van der Waals surface area contributed by atoms with Gasteiger partial charge in [-0.05, 0) is 37.3 Å². The van der Waals surface area contributed by atoms with E-state index < -0.39 is 17.5 Å². The Bertz CT molecular complexity index is 1380. The van der Waals surface area contributed by atoms with E-state index in [1.807, 2.05) is 37.3 Å². The Balaban J connectivity index is 1.82. The van der Waals surface area contributed by atoms with E-state index in [9.17, 15) is 9.59 Å². The molecule has 4 aromatic rings. The predicted octanol–water partition coefficient (Wildman–Crippen LogP) is 4.43. The van der Waals surface area contributed by atoms with Crippen LogP contribution >= 0.6 is 0 Å². The summed E-state index contributed by atoms with van der Waals surface area (Å²) in [7, 11) is 1.52. The SMILES string of the molecule is COC1Oc2ccccc2-c2oc(=O)c(-c3cc(=O)oc4ccc(C)cc34)cc21. The summed E-state index contributed by atoms with van der Waals surface area (Å²) in [5, 5.41) is 0.656. The molecule has 144 valence electrons. The van der Waals surface area contributed by atoms with Crippen molar-refractivity contribution in [2.24, 2.45) is 0 Å². The van der Waals surface area contributed by atoms with Gasteiger partial charge in [-0.2, -0.15) is 0 Å². The monoisotopic (exact) mass is 388 g/mol. The molecule has 6 nitrogen and oxygen atoms in total. The average Bonchev–Trinajstić information content (AvgIpc) is 2.72. The first-order chi connectivity index (χ1) is 14.0. The maximum atomic E-state index is 13.0. The summed E-state index contributed by atoms with van der Waals surface area (Å²) < 4.78 is 22.4. The zero-order valence-electron chi connectivity index (χ0n) is 15.7. The summed E-state index contributed by atoms with van der Waals surface area (Å²) in [5.74, 6) is 0.972. The lowest BCUT2D eigenvalue weighted by atomic mass is 9.97. The van der Waals surface area contributed by atoms with Crippen LogP contribution in [0.25, 0.3) is 33.4 Å². The normalized spacial score (nSPS) is 14.9. The predicted molar refractivity (Wildman–Crippen MR) is 107 cm³/mol. The summed E-state index contributed by atoms with van der Waals surface area (Å²) >= 11 is 0. The first-order valence-corrected chi connectivity index (χ1v) is 9.07. The maximum Gasteiger partial charge on any atom is 0.344 e. The Morgan fingerprint density at radius 3 is 2.55 bits per heavy atom. The van der Waals surface area contributed by atoms with Crippen molar-refractivity contribution in [1.82, 2.24) is 0 Å². The molecule has 0 radical (unpaired) electrons. The maximum absolute atomic E-state index is 13.0. The van der Waals surface area contributed by atoms with Gasteiger partial charge in [0.1, 0.15) is 11.3 Å². The largest absolute Gasteiger partial charge is 0.460 e. The lowest BCUT2D eigenvalue weighted by Gasteiger charge is -2.26. The number of rotatable bonds is 2. The van der Waals surface area contributed by atoms with Crippen molar-refractivity contribution >= 4 is 11.0 Å². The van der Waals surface area contributed by atoms with E-state index in [-0.39, 0.29) is 5.56 Å². The number of hydrogen-bond acceptors (Lipinski definition) is 6. The van der Waals surface area contributed by atoms with Crippen molar-refractivity contribution in [2.45, 2.75) is 13.2 Å². The topological polar surface area (TPSA) is 78.9 Å².